The van der Waals surface area contributed by atoms with Gasteiger partial charge in [0.25, 0.3) is 0 Å². The Morgan fingerprint density at radius 1 is 1.04 bits per heavy atom. The van der Waals surface area contributed by atoms with Crippen LogP contribution in [0.1, 0.15) is 44.1 Å². The predicted molar refractivity (Wildman–Crippen MR) is 92.4 cm³/mol. The molecule has 1 amide bonds. The number of amides is 1. The van der Waals surface area contributed by atoms with Crippen molar-refractivity contribution in [2.75, 3.05) is 13.1 Å². The van der Waals surface area contributed by atoms with Gasteiger partial charge in [-0.05, 0) is 43.4 Å². The van der Waals surface area contributed by atoms with Crippen molar-refractivity contribution < 1.29 is 23.1 Å². The van der Waals surface area contributed by atoms with E-state index in [0.29, 0.717) is 32.5 Å². The van der Waals surface area contributed by atoms with E-state index in [2.05, 4.69) is 5.32 Å². The standard InChI is InChI=1S/C17H24N2O5S/c20-16(5-1-2-6-17(21)22)18-13-14-7-9-15(10-8-14)25(23,24)19-11-3-4-12-19/h7-10H,1-6,11-13H2,(H,18,20)(H,21,22). The molecule has 1 aromatic rings. The van der Waals surface area contributed by atoms with Crippen molar-refractivity contribution in [1.82, 2.24) is 9.62 Å². The largest absolute Gasteiger partial charge is 0.481 e. The van der Waals surface area contributed by atoms with E-state index < -0.39 is 16.0 Å². The fourth-order valence-corrected chi connectivity index (χ4v) is 4.22. The number of hydrogen-bond acceptors (Lipinski definition) is 4. The van der Waals surface area contributed by atoms with Crippen molar-refractivity contribution in [1.29, 1.82) is 0 Å². The van der Waals surface area contributed by atoms with Crippen LogP contribution in [0, 0.1) is 0 Å². The highest BCUT2D eigenvalue weighted by Crippen LogP contribution is 2.21. The molecule has 7 nitrogen and oxygen atoms in total. The van der Waals surface area contributed by atoms with Gasteiger partial charge in [-0.25, -0.2) is 8.42 Å². The van der Waals surface area contributed by atoms with Crippen molar-refractivity contribution in [2.24, 2.45) is 0 Å². The molecule has 0 spiro atoms. The third-order valence-corrected chi connectivity index (χ3v) is 6.07. The molecular weight excluding hydrogens is 344 g/mol. The molecule has 1 aromatic carbocycles. The highest BCUT2D eigenvalue weighted by atomic mass is 32.2. The summed E-state index contributed by atoms with van der Waals surface area (Å²) < 4.78 is 26.3. The Labute approximate surface area is 148 Å². The molecule has 0 atom stereocenters. The zero-order valence-corrected chi connectivity index (χ0v) is 14.9. The summed E-state index contributed by atoms with van der Waals surface area (Å²) in [6, 6.07) is 6.55. The van der Waals surface area contributed by atoms with Gasteiger partial charge in [0.2, 0.25) is 15.9 Å². The number of unbranched alkanes of at least 4 members (excludes halogenated alkanes) is 1. The maximum absolute atomic E-state index is 12.4. The number of carbonyl (C=O) groups excluding carboxylic acids is 1. The van der Waals surface area contributed by atoms with Crippen molar-refractivity contribution >= 4 is 21.9 Å². The van der Waals surface area contributed by atoms with Crippen LogP contribution in [0.5, 0.6) is 0 Å². The molecule has 0 aliphatic carbocycles. The number of carboxylic acids is 1. The van der Waals surface area contributed by atoms with E-state index in [-0.39, 0.29) is 23.6 Å². The summed E-state index contributed by atoms with van der Waals surface area (Å²) in [4.78, 5) is 22.4. The van der Waals surface area contributed by atoms with Gasteiger partial charge in [-0.15, -0.1) is 0 Å². The van der Waals surface area contributed by atoms with Gasteiger partial charge >= 0.3 is 5.97 Å². The Bertz CT molecular complexity index is 694. The molecule has 0 unspecified atom stereocenters. The average Bonchev–Trinajstić information content (AvgIpc) is 3.12. The zero-order chi connectivity index (χ0) is 18.3. The molecule has 1 aliphatic rings. The third-order valence-electron chi connectivity index (χ3n) is 4.16. The maximum Gasteiger partial charge on any atom is 0.303 e. The van der Waals surface area contributed by atoms with Crippen LogP contribution in [0.3, 0.4) is 0 Å². The summed E-state index contributed by atoms with van der Waals surface area (Å²) in [7, 11) is -3.41. The first-order chi connectivity index (χ1) is 11.9. The summed E-state index contributed by atoms with van der Waals surface area (Å²) in [5.41, 5.74) is 0.819. The summed E-state index contributed by atoms with van der Waals surface area (Å²) in [5.74, 6) is -0.997. The molecule has 0 bridgehead atoms. The smallest absolute Gasteiger partial charge is 0.303 e. The zero-order valence-electron chi connectivity index (χ0n) is 14.1. The monoisotopic (exact) mass is 368 g/mol. The molecule has 138 valence electrons. The summed E-state index contributed by atoms with van der Waals surface area (Å²) in [6.07, 6.45) is 3.16. The van der Waals surface area contributed by atoms with Crippen molar-refractivity contribution in [3.8, 4) is 0 Å². The molecule has 2 N–H and O–H groups in total. The fourth-order valence-electron chi connectivity index (χ4n) is 2.71. The first-order valence-electron chi connectivity index (χ1n) is 8.47. The minimum atomic E-state index is -3.41. The van der Waals surface area contributed by atoms with E-state index in [1.54, 1.807) is 24.3 Å². The molecule has 0 radical (unpaired) electrons. The third kappa shape index (κ3) is 5.82. The molecule has 1 saturated heterocycles. The Kier molecular flexibility index (Phi) is 6.95. The van der Waals surface area contributed by atoms with Gasteiger partial charge < -0.3 is 10.4 Å². The topological polar surface area (TPSA) is 104 Å². The van der Waals surface area contributed by atoms with E-state index >= 15 is 0 Å². The molecule has 8 heteroatoms. The van der Waals surface area contributed by atoms with E-state index in [0.717, 1.165) is 18.4 Å². The van der Waals surface area contributed by atoms with Gasteiger partial charge in [-0.2, -0.15) is 4.31 Å². The number of nitrogens with zero attached hydrogens (tertiary/aromatic N) is 1. The number of carboxylic acid groups (broad SMARTS) is 1. The lowest BCUT2D eigenvalue weighted by atomic mass is 10.2. The molecule has 1 aliphatic heterocycles. The number of benzene rings is 1. The van der Waals surface area contributed by atoms with Gasteiger partial charge in [-0.1, -0.05) is 12.1 Å². The highest BCUT2D eigenvalue weighted by molar-refractivity contribution is 7.89. The number of hydrogen-bond donors (Lipinski definition) is 2. The maximum atomic E-state index is 12.4. The number of rotatable bonds is 9. The Morgan fingerprint density at radius 2 is 1.64 bits per heavy atom. The van der Waals surface area contributed by atoms with E-state index in [1.165, 1.54) is 4.31 Å². The first kappa shape index (κ1) is 19.4. The van der Waals surface area contributed by atoms with Gasteiger partial charge in [0.15, 0.2) is 0 Å². The minimum absolute atomic E-state index is 0.0697. The van der Waals surface area contributed by atoms with Crippen LogP contribution in [0.15, 0.2) is 29.2 Å². The lowest BCUT2D eigenvalue weighted by Gasteiger charge is -2.15. The molecule has 1 heterocycles. The molecule has 1 fully saturated rings. The van der Waals surface area contributed by atoms with Gasteiger partial charge in [0, 0.05) is 32.5 Å². The SMILES string of the molecule is O=C(O)CCCCC(=O)NCc1ccc(S(=O)(=O)N2CCCC2)cc1. The molecule has 2 rings (SSSR count). The summed E-state index contributed by atoms with van der Waals surface area (Å²) >= 11 is 0. The van der Waals surface area contributed by atoms with Gasteiger partial charge in [0.1, 0.15) is 0 Å². The Balaban J connectivity index is 1.80. The highest BCUT2D eigenvalue weighted by Gasteiger charge is 2.26. The number of nitrogens with one attached hydrogen (secondary N) is 1. The van der Waals surface area contributed by atoms with Crippen LogP contribution in [0.25, 0.3) is 0 Å². The lowest BCUT2D eigenvalue weighted by molar-refractivity contribution is -0.137. The first-order valence-corrected chi connectivity index (χ1v) is 9.91. The predicted octanol–water partition coefficient (Wildman–Crippen LogP) is 1.73. The number of aliphatic carboxylic acids is 1. The summed E-state index contributed by atoms with van der Waals surface area (Å²) in [5, 5.41) is 11.3. The van der Waals surface area contributed by atoms with Crippen LogP contribution >= 0.6 is 0 Å². The molecule has 0 saturated carbocycles. The van der Waals surface area contributed by atoms with Gasteiger partial charge in [0.05, 0.1) is 4.90 Å². The van der Waals surface area contributed by atoms with Crippen LogP contribution in [0.2, 0.25) is 0 Å². The van der Waals surface area contributed by atoms with Crippen LogP contribution < -0.4 is 5.32 Å². The lowest BCUT2D eigenvalue weighted by Crippen LogP contribution is -2.27. The van der Waals surface area contributed by atoms with E-state index in [1.807, 2.05) is 0 Å². The second-order valence-electron chi connectivity index (χ2n) is 6.13. The Hall–Kier alpha value is -1.93. The number of carbonyl (C=O) groups is 2. The van der Waals surface area contributed by atoms with Crippen molar-refractivity contribution in [2.45, 2.75) is 50.0 Å². The van der Waals surface area contributed by atoms with Crippen molar-refractivity contribution in [3.63, 3.8) is 0 Å². The molecule has 25 heavy (non-hydrogen) atoms. The molecular formula is C17H24N2O5S. The quantitative estimate of drug-likeness (QED) is 0.646. The fraction of sp³-hybridized carbons (Fsp3) is 0.529. The minimum Gasteiger partial charge on any atom is -0.481 e. The Morgan fingerprint density at radius 3 is 2.24 bits per heavy atom. The number of sulfonamides is 1. The second kappa shape index (κ2) is 8.96. The normalized spacial score (nSPS) is 15.2. The average molecular weight is 368 g/mol. The van der Waals surface area contributed by atoms with E-state index in [4.69, 9.17) is 5.11 Å². The summed E-state index contributed by atoms with van der Waals surface area (Å²) in [6.45, 7) is 1.46. The van der Waals surface area contributed by atoms with Crippen LogP contribution in [-0.2, 0) is 26.2 Å². The van der Waals surface area contributed by atoms with Gasteiger partial charge in [-0.3, -0.25) is 9.59 Å². The second-order valence-corrected chi connectivity index (χ2v) is 8.07. The van der Waals surface area contributed by atoms with Crippen LogP contribution in [0.4, 0.5) is 0 Å². The van der Waals surface area contributed by atoms with E-state index in [9.17, 15) is 18.0 Å². The molecule has 0 aromatic heterocycles. The van der Waals surface area contributed by atoms with Crippen molar-refractivity contribution in [3.05, 3.63) is 29.8 Å². The van der Waals surface area contributed by atoms with Crippen LogP contribution in [-0.4, -0.2) is 42.8 Å².